The van der Waals surface area contributed by atoms with Crippen molar-refractivity contribution in [1.82, 2.24) is 19.7 Å². The first kappa shape index (κ1) is 26.5. The van der Waals surface area contributed by atoms with E-state index in [9.17, 15) is 9.90 Å². The van der Waals surface area contributed by atoms with Crippen LogP contribution in [-0.2, 0) is 16.1 Å². The van der Waals surface area contributed by atoms with Gasteiger partial charge in [0.25, 0.3) is 0 Å². The molecule has 1 aliphatic carbocycles. The molecule has 10 heteroatoms. The van der Waals surface area contributed by atoms with E-state index in [2.05, 4.69) is 52.0 Å². The summed E-state index contributed by atoms with van der Waals surface area (Å²) in [5.74, 6) is 1.19. The molecule has 0 bridgehead atoms. The zero-order valence-corrected chi connectivity index (χ0v) is 23.6. The molecule has 1 aromatic carbocycles. The summed E-state index contributed by atoms with van der Waals surface area (Å²) in [4.78, 5) is 22.2. The van der Waals surface area contributed by atoms with Gasteiger partial charge in [0.1, 0.15) is 5.82 Å². The van der Waals surface area contributed by atoms with Crippen LogP contribution in [-0.4, -0.2) is 81.7 Å². The summed E-state index contributed by atoms with van der Waals surface area (Å²) in [6, 6.07) is 7.99. The second kappa shape index (κ2) is 10.4. The van der Waals surface area contributed by atoms with E-state index in [1.807, 2.05) is 29.1 Å². The molecule has 3 aliphatic rings. The molecule has 39 heavy (non-hydrogen) atoms. The fourth-order valence-corrected chi connectivity index (χ4v) is 6.36. The van der Waals surface area contributed by atoms with E-state index in [-0.39, 0.29) is 23.3 Å². The van der Waals surface area contributed by atoms with Gasteiger partial charge in [0, 0.05) is 68.0 Å². The molecule has 2 aromatic heterocycles. The van der Waals surface area contributed by atoms with Gasteiger partial charge in [-0.15, -0.1) is 0 Å². The number of carbonyl (C=O) groups is 1. The van der Waals surface area contributed by atoms with Crippen LogP contribution in [0.5, 0.6) is 0 Å². The Kier molecular flexibility index (Phi) is 7.03. The molecule has 6 rings (SSSR count). The fourth-order valence-electron chi connectivity index (χ4n) is 6.06. The van der Waals surface area contributed by atoms with Crippen molar-refractivity contribution in [1.29, 1.82) is 0 Å². The number of aliphatic hydroxyl groups excluding tert-OH is 1. The third-order valence-corrected chi connectivity index (χ3v) is 8.87. The van der Waals surface area contributed by atoms with Crippen LogP contribution < -0.4 is 10.2 Å². The summed E-state index contributed by atoms with van der Waals surface area (Å²) in [6.07, 6.45) is 3.95. The Balaban J connectivity index is 1.13. The zero-order chi connectivity index (χ0) is 27.3. The number of piperazine rings is 1. The smallest absolute Gasteiger partial charge is 0.229 e. The summed E-state index contributed by atoms with van der Waals surface area (Å²) < 4.78 is 7.57. The lowest BCUT2D eigenvalue weighted by molar-refractivity contribution is -0.117. The first-order valence-electron chi connectivity index (χ1n) is 13.9. The standard InChI is InChI=1S/C29H37ClN6O3/c1-18(2)15-36-24(4-5-32-36)21-13-22(21)28(38)33-27-12-19-11-25(23(30)10-20(19)14-31-27)34-6-8-35(9-7-34)29(3)17-39-16-26(29)37/h4-5,10-12,14,18,21-22,26,37H,6-9,13,15-17H2,1-3H3,(H,31,33,38)/t21?,22?,26-,29+/m0/s1. The highest BCUT2D eigenvalue weighted by molar-refractivity contribution is 6.34. The van der Waals surface area contributed by atoms with E-state index in [1.54, 1.807) is 6.20 Å². The molecule has 2 aliphatic heterocycles. The Morgan fingerprint density at radius 2 is 2.03 bits per heavy atom. The Hall–Kier alpha value is -2.72. The van der Waals surface area contributed by atoms with Crippen molar-refractivity contribution in [3.8, 4) is 0 Å². The quantitative estimate of drug-likeness (QED) is 0.461. The lowest BCUT2D eigenvalue weighted by atomic mass is 9.95. The van der Waals surface area contributed by atoms with Gasteiger partial charge in [0.15, 0.2) is 0 Å². The van der Waals surface area contributed by atoms with E-state index in [4.69, 9.17) is 16.3 Å². The maximum absolute atomic E-state index is 13.1. The number of anilines is 2. The van der Waals surface area contributed by atoms with E-state index < -0.39 is 6.10 Å². The van der Waals surface area contributed by atoms with Gasteiger partial charge < -0.3 is 20.1 Å². The second-order valence-electron chi connectivity index (χ2n) is 11.9. The Morgan fingerprint density at radius 3 is 2.74 bits per heavy atom. The van der Waals surface area contributed by atoms with Crippen molar-refractivity contribution in [2.75, 3.05) is 49.6 Å². The van der Waals surface area contributed by atoms with Crippen molar-refractivity contribution in [3.63, 3.8) is 0 Å². The Labute approximate surface area is 234 Å². The highest BCUT2D eigenvalue weighted by Crippen LogP contribution is 2.48. The molecular weight excluding hydrogens is 516 g/mol. The molecule has 4 heterocycles. The lowest BCUT2D eigenvalue weighted by Crippen LogP contribution is -2.60. The molecule has 3 aromatic rings. The average molecular weight is 553 g/mol. The van der Waals surface area contributed by atoms with Crippen molar-refractivity contribution in [2.45, 2.75) is 51.3 Å². The fraction of sp³-hybridized carbons (Fsp3) is 0.552. The normalized spacial score (nSPS) is 27.4. The van der Waals surface area contributed by atoms with E-state index >= 15 is 0 Å². The summed E-state index contributed by atoms with van der Waals surface area (Å²) in [7, 11) is 0. The maximum atomic E-state index is 13.1. The molecule has 4 atom stereocenters. The molecular formula is C29H37ClN6O3. The molecule has 1 amide bonds. The van der Waals surface area contributed by atoms with Crippen molar-refractivity contribution < 1.29 is 14.6 Å². The summed E-state index contributed by atoms with van der Waals surface area (Å²) in [5.41, 5.74) is 1.77. The number of nitrogens with one attached hydrogen (secondary N) is 1. The largest absolute Gasteiger partial charge is 0.389 e. The minimum Gasteiger partial charge on any atom is -0.389 e. The molecule has 2 unspecified atom stereocenters. The maximum Gasteiger partial charge on any atom is 0.229 e. The van der Waals surface area contributed by atoms with Gasteiger partial charge in [-0.05, 0) is 48.9 Å². The van der Waals surface area contributed by atoms with Gasteiger partial charge in [0.05, 0.1) is 35.6 Å². The molecule has 208 valence electrons. The number of aliphatic hydroxyl groups is 1. The molecule has 9 nitrogen and oxygen atoms in total. The van der Waals surface area contributed by atoms with Gasteiger partial charge >= 0.3 is 0 Å². The minimum atomic E-state index is -0.470. The van der Waals surface area contributed by atoms with Crippen LogP contribution in [0, 0.1) is 11.8 Å². The number of carbonyl (C=O) groups excluding carboxylic acids is 1. The van der Waals surface area contributed by atoms with E-state index in [1.165, 1.54) is 0 Å². The number of rotatable bonds is 7. The minimum absolute atomic E-state index is 0.000954. The van der Waals surface area contributed by atoms with Crippen molar-refractivity contribution in [3.05, 3.63) is 47.4 Å². The van der Waals surface area contributed by atoms with E-state index in [0.717, 1.165) is 61.3 Å². The van der Waals surface area contributed by atoms with Crippen LogP contribution in [0.15, 0.2) is 36.7 Å². The number of nitrogens with zero attached hydrogens (tertiary/aromatic N) is 5. The summed E-state index contributed by atoms with van der Waals surface area (Å²) in [5, 5.41) is 20.5. The van der Waals surface area contributed by atoms with Crippen LogP contribution in [0.2, 0.25) is 5.02 Å². The lowest BCUT2D eigenvalue weighted by Gasteiger charge is -2.45. The second-order valence-corrected chi connectivity index (χ2v) is 12.3. The van der Waals surface area contributed by atoms with E-state index in [0.29, 0.717) is 30.0 Å². The molecule has 2 N–H and O–H groups in total. The molecule has 3 fully saturated rings. The molecule has 0 radical (unpaired) electrons. The van der Waals surface area contributed by atoms with Gasteiger partial charge in [-0.2, -0.15) is 5.10 Å². The van der Waals surface area contributed by atoms with Crippen LogP contribution in [0.1, 0.15) is 38.8 Å². The predicted octanol–water partition coefficient (Wildman–Crippen LogP) is 3.75. The topological polar surface area (TPSA) is 95.8 Å². The monoisotopic (exact) mass is 552 g/mol. The SMILES string of the molecule is CC(C)Cn1nccc1C1CC1C(=O)Nc1cc2cc(N3CCN([C@]4(C)COC[C@@H]4O)CC3)c(Cl)cc2cn1. The Morgan fingerprint density at radius 1 is 1.23 bits per heavy atom. The zero-order valence-electron chi connectivity index (χ0n) is 22.8. The van der Waals surface area contributed by atoms with Gasteiger partial charge in [-0.25, -0.2) is 4.98 Å². The number of pyridine rings is 1. The first-order chi connectivity index (χ1) is 18.7. The van der Waals surface area contributed by atoms with Gasteiger partial charge in [-0.3, -0.25) is 14.4 Å². The third-order valence-electron chi connectivity index (χ3n) is 8.56. The Bertz CT molecular complexity index is 1370. The number of hydrogen-bond acceptors (Lipinski definition) is 7. The number of halogens is 1. The number of aromatic nitrogens is 3. The molecule has 1 saturated carbocycles. The van der Waals surface area contributed by atoms with Crippen LogP contribution in [0.25, 0.3) is 10.8 Å². The number of amides is 1. The summed E-state index contributed by atoms with van der Waals surface area (Å²) >= 11 is 6.71. The number of benzene rings is 1. The predicted molar refractivity (Wildman–Crippen MR) is 152 cm³/mol. The van der Waals surface area contributed by atoms with Gasteiger partial charge in [-0.1, -0.05) is 25.4 Å². The van der Waals surface area contributed by atoms with Crippen molar-refractivity contribution >= 4 is 39.8 Å². The highest BCUT2D eigenvalue weighted by Gasteiger charge is 2.46. The number of ether oxygens (including phenoxy) is 1. The molecule has 2 saturated heterocycles. The summed E-state index contributed by atoms with van der Waals surface area (Å²) in [6.45, 7) is 11.5. The molecule has 0 spiro atoms. The average Bonchev–Trinajstić information content (AvgIpc) is 3.46. The van der Waals surface area contributed by atoms with Crippen LogP contribution >= 0.6 is 11.6 Å². The first-order valence-corrected chi connectivity index (χ1v) is 14.3. The third kappa shape index (κ3) is 5.13. The van der Waals surface area contributed by atoms with Crippen LogP contribution in [0.4, 0.5) is 11.5 Å². The highest BCUT2D eigenvalue weighted by atomic mass is 35.5. The number of fused-ring (bicyclic) bond motifs is 1. The van der Waals surface area contributed by atoms with Crippen molar-refractivity contribution in [2.24, 2.45) is 11.8 Å². The van der Waals surface area contributed by atoms with Crippen LogP contribution in [0.3, 0.4) is 0 Å². The van der Waals surface area contributed by atoms with Gasteiger partial charge in [0.2, 0.25) is 5.91 Å². The number of hydrogen-bond donors (Lipinski definition) is 2.